The molecule has 0 heterocycles. The number of carboxylic acid groups (broad SMARTS) is 1. The molecule has 90 valence electrons. The number of aliphatic hydroxyl groups excluding tert-OH is 2. The Balaban J connectivity index is 3.58. The highest BCUT2D eigenvalue weighted by Gasteiger charge is 2.15. The van der Waals surface area contributed by atoms with Crippen molar-refractivity contribution in [2.45, 2.75) is 51.6 Å². The van der Waals surface area contributed by atoms with Gasteiger partial charge < -0.3 is 15.3 Å². The van der Waals surface area contributed by atoms with Crippen molar-refractivity contribution in [3.63, 3.8) is 0 Å². The third-order valence-corrected chi connectivity index (χ3v) is 2.54. The fraction of sp³-hybridized carbons (Fsp3) is 0.909. The average Bonchev–Trinajstić information content (AvgIpc) is 2.21. The summed E-state index contributed by atoms with van der Waals surface area (Å²) in [5.41, 5.74) is 0. The fourth-order valence-corrected chi connectivity index (χ4v) is 1.60. The van der Waals surface area contributed by atoms with Gasteiger partial charge in [-0.15, -0.1) is 0 Å². The maximum atomic E-state index is 10.8. The predicted molar refractivity (Wildman–Crippen MR) is 57.6 cm³/mol. The monoisotopic (exact) mass is 218 g/mol. The number of aliphatic hydroxyl groups is 2. The number of carboxylic acids is 1. The van der Waals surface area contributed by atoms with Crippen molar-refractivity contribution in [1.29, 1.82) is 0 Å². The lowest BCUT2D eigenvalue weighted by molar-refractivity contribution is -0.142. The fourth-order valence-electron chi connectivity index (χ4n) is 1.60. The maximum Gasteiger partial charge on any atom is 0.306 e. The Morgan fingerprint density at radius 3 is 2.27 bits per heavy atom. The molecule has 0 aliphatic rings. The summed E-state index contributed by atoms with van der Waals surface area (Å²) in [6.07, 6.45) is 3.74. The van der Waals surface area contributed by atoms with Gasteiger partial charge in [-0.25, -0.2) is 0 Å². The summed E-state index contributed by atoms with van der Waals surface area (Å²) >= 11 is 0. The number of aliphatic carboxylic acids is 1. The van der Waals surface area contributed by atoms with Crippen molar-refractivity contribution in [1.82, 2.24) is 0 Å². The molecule has 0 fully saturated rings. The molecule has 4 nitrogen and oxygen atoms in total. The molecule has 4 heteroatoms. The van der Waals surface area contributed by atoms with Crippen molar-refractivity contribution < 1.29 is 20.1 Å². The van der Waals surface area contributed by atoms with Crippen molar-refractivity contribution in [2.24, 2.45) is 5.92 Å². The molecular formula is C11H22O4. The van der Waals surface area contributed by atoms with Crippen molar-refractivity contribution >= 4 is 5.97 Å². The van der Waals surface area contributed by atoms with Crippen LogP contribution >= 0.6 is 0 Å². The van der Waals surface area contributed by atoms with Crippen LogP contribution in [0.4, 0.5) is 0 Å². The van der Waals surface area contributed by atoms with Crippen LogP contribution in [0.2, 0.25) is 0 Å². The third kappa shape index (κ3) is 7.33. The molecule has 0 saturated carbocycles. The molecule has 0 aromatic carbocycles. The van der Waals surface area contributed by atoms with E-state index in [0.717, 1.165) is 25.7 Å². The van der Waals surface area contributed by atoms with E-state index in [4.69, 9.17) is 15.3 Å². The molecule has 0 aliphatic carbocycles. The minimum absolute atomic E-state index is 0.211. The Labute approximate surface area is 90.9 Å². The molecule has 0 aromatic heterocycles. The summed E-state index contributed by atoms with van der Waals surface area (Å²) in [4.78, 5) is 10.8. The average molecular weight is 218 g/mol. The first-order valence-corrected chi connectivity index (χ1v) is 5.63. The summed E-state index contributed by atoms with van der Waals surface area (Å²) in [7, 11) is 0. The first-order chi connectivity index (χ1) is 7.11. The van der Waals surface area contributed by atoms with Crippen LogP contribution in [0.15, 0.2) is 0 Å². The van der Waals surface area contributed by atoms with E-state index in [9.17, 15) is 4.79 Å². The molecule has 15 heavy (non-hydrogen) atoms. The number of hydrogen-bond donors (Lipinski definition) is 3. The minimum Gasteiger partial charge on any atom is -0.481 e. The highest BCUT2D eigenvalue weighted by Crippen LogP contribution is 2.16. The van der Waals surface area contributed by atoms with E-state index in [1.54, 1.807) is 0 Å². The van der Waals surface area contributed by atoms with Gasteiger partial charge in [0.1, 0.15) is 0 Å². The molecule has 2 unspecified atom stereocenters. The minimum atomic E-state index is -0.723. The van der Waals surface area contributed by atoms with E-state index in [0.29, 0.717) is 12.8 Å². The van der Waals surface area contributed by atoms with Gasteiger partial charge in [0.05, 0.1) is 18.6 Å². The predicted octanol–water partition coefficient (Wildman–Crippen LogP) is 1.40. The van der Waals surface area contributed by atoms with E-state index in [1.165, 1.54) is 0 Å². The molecule has 0 saturated heterocycles. The number of hydrogen-bond acceptors (Lipinski definition) is 3. The molecule has 0 spiro atoms. The van der Waals surface area contributed by atoms with Crippen LogP contribution in [0, 0.1) is 5.92 Å². The van der Waals surface area contributed by atoms with Crippen LogP contribution in [0.5, 0.6) is 0 Å². The maximum absolute atomic E-state index is 10.8. The van der Waals surface area contributed by atoms with Gasteiger partial charge in [-0.2, -0.15) is 0 Å². The first-order valence-electron chi connectivity index (χ1n) is 5.63. The van der Waals surface area contributed by atoms with Crippen molar-refractivity contribution in [3.05, 3.63) is 0 Å². The Hall–Kier alpha value is -0.610. The zero-order valence-electron chi connectivity index (χ0n) is 9.35. The van der Waals surface area contributed by atoms with Gasteiger partial charge >= 0.3 is 5.97 Å². The Morgan fingerprint density at radius 1 is 1.20 bits per heavy atom. The molecule has 2 atom stereocenters. The van der Waals surface area contributed by atoms with E-state index < -0.39 is 12.1 Å². The molecule has 0 aromatic rings. The van der Waals surface area contributed by atoms with Crippen LogP contribution in [0.25, 0.3) is 0 Å². The molecule has 3 N–H and O–H groups in total. The normalized spacial score (nSPS) is 14.9. The number of unbranched alkanes of at least 4 members (excludes halogenated alkanes) is 1. The molecule has 0 aliphatic heterocycles. The summed E-state index contributed by atoms with van der Waals surface area (Å²) in [5.74, 6) is -0.971. The number of carbonyl (C=O) groups is 1. The molecule has 0 bridgehead atoms. The van der Waals surface area contributed by atoms with Crippen LogP contribution in [0.1, 0.15) is 45.4 Å². The second-order valence-corrected chi connectivity index (χ2v) is 3.94. The summed E-state index contributed by atoms with van der Waals surface area (Å²) in [5, 5.41) is 26.5. The number of rotatable bonds is 9. The smallest absolute Gasteiger partial charge is 0.306 e. The lowest BCUT2D eigenvalue weighted by Gasteiger charge is -2.11. The second kappa shape index (κ2) is 8.68. The van der Waals surface area contributed by atoms with Crippen molar-refractivity contribution in [2.75, 3.05) is 6.61 Å². The van der Waals surface area contributed by atoms with Gasteiger partial charge in [-0.05, 0) is 19.3 Å². The van der Waals surface area contributed by atoms with Gasteiger partial charge in [0.25, 0.3) is 0 Å². The van der Waals surface area contributed by atoms with E-state index in [-0.39, 0.29) is 12.5 Å². The van der Waals surface area contributed by atoms with E-state index >= 15 is 0 Å². The molecule has 0 radical (unpaired) electrons. The highest BCUT2D eigenvalue weighted by molar-refractivity contribution is 5.69. The largest absolute Gasteiger partial charge is 0.481 e. The van der Waals surface area contributed by atoms with E-state index in [1.807, 2.05) is 6.92 Å². The van der Waals surface area contributed by atoms with Gasteiger partial charge in [0, 0.05) is 0 Å². The second-order valence-electron chi connectivity index (χ2n) is 3.94. The third-order valence-electron chi connectivity index (χ3n) is 2.54. The topological polar surface area (TPSA) is 77.8 Å². The summed E-state index contributed by atoms with van der Waals surface area (Å²) < 4.78 is 0. The van der Waals surface area contributed by atoms with Crippen molar-refractivity contribution in [3.8, 4) is 0 Å². The standard InChI is InChI=1S/C11H22O4/c1-2-5-9(11(14)15)6-3-4-7-10(13)8-12/h9-10,12-13H,2-8H2,1H3,(H,14,15). The quantitative estimate of drug-likeness (QED) is 0.511. The van der Waals surface area contributed by atoms with Crippen LogP contribution in [-0.2, 0) is 4.79 Å². The first kappa shape index (κ1) is 14.4. The molecular weight excluding hydrogens is 196 g/mol. The van der Waals surface area contributed by atoms with Crippen LogP contribution in [-0.4, -0.2) is 34.0 Å². The van der Waals surface area contributed by atoms with Gasteiger partial charge in [0.2, 0.25) is 0 Å². The zero-order chi connectivity index (χ0) is 11.7. The lowest BCUT2D eigenvalue weighted by atomic mass is 9.96. The Bertz CT molecular complexity index is 170. The van der Waals surface area contributed by atoms with Gasteiger partial charge in [-0.3, -0.25) is 4.79 Å². The summed E-state index contributed by atoms with van der Waals surface area (Å²) in [6, 6.07) is 0. The van der Waals surface area contributed by atoms with Gasteiger partial charge in [-0.1, -0.05) is 26.2 Å². The lowest BCUT2D eigenvalue weighted by Crippen LogP contribution is -2.14. The highest BCUT2D eigenvalue weighted by atomic mass is 16.4. The van der Waals surface area contributed by atoms with Gasteiger partial charge in [0.15, 0.2) is 0 Å². The summed E-state index contributed by atoms with van der Waals surface area (Å²) in [6.45, 7) is 1.77. The van der Waals surface area contributed by atoms with E-state index in [2.05, 4.69) is 0 Å². The SMILES string of the molecule is CCCC(CCCCC(O)CO)C(=O)O. The Kier molecular flexibility index (Phi) is 8.33. The molecule has 0 amide bonds. The zero-order valence-corrected chi connectivity index (χ0v) is 9.35. The van der Waals surface area contributed by atoms with Crippen LogP contribution < -0.4 is 0 Å². The van der Waals surface area contributed by atoms with Crippen LogP contribution in [0.3, 0.4) is 0 Å². The Morgan fingerprint density at radius 2 is 1.80 bits per heavy atom. The molecule has 0 rings (SSSR count).